The molecule has 1 aliphatic carbocycles. The summed E-state index contributed by atoms with van der Waals surface area (Å²) in [5.41, 5.74) is 0.652. The van der Waals surface area contributed by atoms with Gasteiger partial charge in [-0.05, 0) is 31.7 Å². The fourth-order valence-corrected chi connectivity index (χ4v) is 3.33. The highest BCUT2D eigenvalue weighted by atomic mass is 35.5. The van der Waals surface area contributed by atoms with Crippen LogP contribution in [0.15, 0.2) is 48.7 Å². The fraction of sp³-hybridized carbons (Fsp3) is 0.381. The summed E-state index contributed by atoms with van der Waals surface area (Å²) in [7, 11) is 0. The van der Waals surface area contributed by atoms with E-state index in [2.05, 4.69) is 10.3 Å². The Labute approximate surface area is 164 Å². The predicted molar refractivity (Wildman–Crippen MR) is 104 cm³/mol. The van der Waals surface area contributed by atoms with Gasteiger partial charge in [0.2, 0.25) is 11.8 Å². The maximum absolute atomic E-state index is 12.1. The molecule has 1 aliphatic rings. The molecule has 1 saturated carbocycles. The van der Waals surface area contributed by atoms with Gasteiger partial charge in [0, 0.05) is 36.7 Å². The number of hydrogen-bond acceptors (Lipinski definition) is 4. The summed E-state index contributed by atoms with van der Waals surface area (Å²) in [5, 5.41) is 3.62. The largest absolute Gasteiger partial charge is 0.474 e. The number of ether oxygens (including phenoxy) is 1. The van der Waals surface area contributed by atoms with Gasteiger partial charge in [-0.2, -0.15) is 0 Å². The number of carbonyl (C=O) groups excluding carboxylic acids is 2. The number of amides is 1. The molecule has 1 aromatic heterocycles. The van der Waals surface area contributed by atoms with E-state index in [1.54, 1.807) is 30.5 Å². The lowest BCUT2D eigenvalue weighted by Crippen LogP contribution is -2.39. The number of Topliss-reactive ketones (excluding diaryl/α,β-unsaturated/α-hetero) is 1. The van der Waals surface area contributed by atoms with E-state index < -0.39 is 0 Å². The third-order valence-electron chi connectivity index (χ3n) is 4.70. The van der Waals surface area contributed by atoms with Crippen LogP contribution in [0.25, 0.3) is 0 Å². The van der Waals surface area contributed by atoms with Crippen molar-refractivity contribution in [2.45, 2.75) is 50.7 Å². The molecule has 1 amide bonds. The van der Waals surface area contributed by atoms with Crippen LogP contribution >= 0.6 is 11.6 Å². The minimum absolute atomic E-state index is 0.00155. The Bertz CT molecular complexity index is 757. The van der Waals surface area contributed by atoms with Crippen molar-refractivity contribution in [3.05, 3.63) is 59.2 Å². The van der Waals surface area contributed by atoms with Crippen molar-refractivity contribution in [2.24, 2.45) is 0 Å². The van der Waals surface area contributed by atoms with Gasteiger partial charge in [0.1, 0.15) is 6.10 Å². The molecular weight excluding hydrogens is 364 g/mol. The number of halogens is 1. The summed E-state index contributed by atoms with van der Waals surface area (Å²) in [4.78, 5) is 28.4. The second-order valence-corrected chi connectivity index (χ2v) is 7.20. The van der Waals surface area contributed by atoms with E-state index in [0.29, 0.717) is 16.5 Å². The van der Waals surface area contributed by atoms with E-state index >= 15 is 0 Å². The van der Waals surface area contributed by atoms with Crippen LogP contribution in [0.5, 0.6) is 5.88 Å². The normalized spacial score (nSPS) is 19.3. The number of ketones is 1. The van der Waals surface area contributed by atoms with E-state index in [1.165, 1.54) is 0 Å². The molecule has 0 atom stereocenters. The van der Waals surface area contributed by atoms with Gasteiger partial charge in [0.15, 0.2) is 5.78 Å². The van der Waals surface area contributed by atoms with E-state index in [4.69, 9.17) is 16.3 Å². The highest BCUT2D eigenvalue weighted by Gasteiger charge is 2.24. The van der Waals surface area contributed by atoms with E-state index in [0.717, 1.165) is 25.7 Å². The second-order valence-electron chi connectivity index (χ2n) is 6.76. The van der Waals surface area contributed by atoms with Gasteiger partial charge in [0.25, 0.3) is 0 Å². The molecule has 142 valence electrons. The molecular formula is C21H23ClN2O3. The lowest BCUT2D eigenvalue weighted by Gasteiger charge is -2.29. The number of carbonyl (C=O) groups is 2. The molecule has 0 spiro atoms. The Balaban J connectivity index is 1.36. The van der Waals surface area contributed by atoms with Crippen molar-refractivity contribution in [3.63, 3.8) is 0 Å². The Morgan fingerprint density at radius 3 is 2.44 bits per heavy atom. The minimum Gasteiger partial charge on any atom is -0.474 e. The van der Waals surface area contributed by atoms with Crippen LogP contribution in [0.1, 0.15) is 48.9 Å². The average molecular weight is 387 g/mol. The molecule has 6 heteroatoms. The van der Waals surface area contributed by atoms with Crippen molar-refractivity contribution in [1.29, 1.82) is 0 Å². The number of nitrogens with zero attached hydrogens (tertiary/aromatic N) is 1. The fourth-order valence-electron chi connectivity index (χ4n) is 3.22. The third kappa shape index (κ3) is 6.07. The first-order chi connectivity index (χ1) is 13.1. The van der Waals surface area contributed by atoms with Crippen molar-refractivity contribution in [1.82, 2.24) is 10.3 Å². The zero-order valence-corrected chi connectivity index (χ0v) is 15.8. The van der Waals surface area contributed by atoms with Crippen molar-refractivity contribution in [3.8, 4) is 5.88 Å². The van der Waals surface area contributed by atoms with Crippen molar-refractivity contribution < 1.29 is 14.3 Å². The molecule has 5 nitrogen and oxygen atoms in total. The first-order valence-electron chi connectivity index (χ1n) is 9.26. The smallest absolute Gasteiger partial charge is 0.220 e. The SMILES string of the molecule is O=C(CCC(=O)c1ccccc1)NC1CCC(Oc2ccc(Cl)cn2)CC1. The summed E-state index contributed by atoms with van der Waals surface area (Å²) in [6.07, 6.45) is 5.56. The van der Waals surface area contributed by atoms with Gasteiger partial charge in [-0.25, -0.2) is 4.98 Å². The van der Waals surface area contributed by atoms with Crippen LogP contribution in [0.2, 0.25) is 5.02 Å². The molecule has 1 aromatic carbocycles. The lowest BCUT2D eigenvalue weighted by atomic mass is 9.92. The van der Waals surface area contributed by atoms with E-state index in [9.17, 15) is 9.59 Å². The molecule has 1 N–H and O–H groups in total. The zero-order valence-electron chi connectivity index (χ0n) is 15.1. The zero-order chi connectivity index (χ0) is 19.1. The van der Waals surface area contributed by atoms with Crippen LogP contribution < -0.4 is 10.1 Å². The van der Waals surface area contributed by atoms with Crippen LogP contribution in [0.4, 0.5) is 0 Å². The van der Waals surface area contributed by atoms with Gasteiger partial charge >= 0.3 is 0 Å². The third-order valence-corrected chi connectivity index (χ3v) is 4.93. The molecule has 0 aliphatic heterocycles. The summed E-state index contributed by atoms with van der Waals surface area (Å²) >= 11 is 5.82. The maximum Gasteiger partial charge on any atom is 0.220 e. The maximum atomic E-state index is 12.1. The molecule has 0 radical (unpaired) electrons. The van der Waals surface area contributed by atoms with E-state index in [-0.39, 0.29) is 36.7 Å². The highest BCUT2D eigenvalue weighted by molar-refractivity contribution is 6.30. The summed E-state index contributed by atoms with van der Waals surface area (Å²) < 4.78 is 5.86. The highest BCUT2D eigenvalue weighted by Crippen LogP contribution is 2.23. The molecule has 1 heterocycles. The predicted octanol–water partition coefficient (Wildman–Crippen LogP) is 4.20. The topological polar surface area (TPSA) is 68.3 Å². The van der Waals surface area contributed by atoms with Crippen LogP contribution in [0, 0.1) is 0 Å². The van der Waals surface area contributed by atoms with Gasteiger partial charge < -0.3 is 10.1 Å². The van der Waals surface area contributed by atoms with Crippen molar-refractivity contribution in [2.75, 3.05) is 0 Å². The van der Waals surface area contributed by atoms with Gasteiger partial charge in [-0.1, -0.05) is 41.9 Å². The van der Waals surface area contributed by atoms with Crippen LogP contribution in [-0.4, -0.2) is 28.8 Å². The minimum atomic E-state index is -0.0667. The number of hydrogen-bond donors (Lipinski definition) is 1. The Hall–Kier alpha value is -2.40. The lowest BCUT2D eigenvalue weighted by molar-refractivity contribution is -0.122. The van der Waals surface area contributed by atoms with Gasteiger partial charge in [-0.15, -0.1) is 0 Å². The monoisotopic (exact) mass is 386 g/mol. The number of aromatic nitrogens is 1. The number of nitrogens with one attached hydrogen (secondary N) is 1. The Morgan fingerprint density at radius 1 is 1.04 bits per heavy atom. The molecule has 0 bridgehead atoms. The standard InChI is InChI=1S/C21H23ClN2O3/c22-16-6-13-21(23-14-16)27-18-9-7-17(8-10-18)24-20(26)12-11-19(25)15-4-2-1-3-5-15/h1-6,13-14,17-18H,7-12H2,(H,24,26). The summed E-state index contributed by atoms with van der Waals surface area (Å²) in [5.74, 6) is 0.507. The Morgan fingerprint density at radius 2 is 1.78 bits per heavy atom. The van der Waals surface area contributed by atoms with Crippen LogP contribution in [0.3, 0.4) is 0 Å². The molecule has 0 unspecified atom stereocenters. The molecule has 2 aromatic rings. The van der Waals surface area contributed by atoms with E-state index in [1.807, 2.05) is 18.2 Å². The second kappa shape index (κ2) is 9.51. The van der Waals surface area contributed by atoms with Crippen molar-refractivity contribution >= 4 is 23.3 Å². The van der Waals surface area contributed by atoms with Crippen LogP contribution in [-0.2, 0) is 4.79 Å². The number of benzene rings is 1. The molecule has 1 fully saturated rings. The molecule has 27 heavy (non-hydrogen) atoms. The first kappa shape index (κ1) is 19.4. The van der Waals surface area contributed by atoms with Gasteiger partial charge in [0.05, 0.1) is 5.02 Å². The number of rotatable bonds is 7. The molecule has 0 saturated heterocycles. The molecule has 3 rings (SSSR count). The summed E-state index contributed by atoms with van der Waals surface area (Å²) in [6.45, 7) is 0. The quantitative estimate of drug-likeness (QED) is 0.724. The van der Waals surface area contributed by atoms with Gasteiger partial charge in [-0.3, -0.25) is 9.59 Å². The number of pyridine rings is 1. The first-order valence-corrected chi connectivity index (χ1v) is 9.64. The average Bonchev–Trinajstić information content (AvgIpc) is 2.70. The Kier molecular flexibility index (Phi) is 6.82. The summed E-state index contributed by atoms with van der Waals surface area (Å²) in [6, 6.07) is 12.7.